The molecule has 0 aliphatic carbocycles. The maximum Gasteiger partial charge on any atom is 0.214 e. The zero-order valence-electron chi connectivity index (χ0n) is 10.4. The van der Waals surface area contributed by atoms with Crippen molar-refractivity contribution in [1.29, 1.82) is 0 Å². The summed E-state index contributed by atoms with van der Waals surface area (Å²) in [5.41, 5.74) is 2.69. The maximum absolute atomic E-state index is 2.51. The van der Waals surface area contributed by atoms with E-state index in [-0.39, 0.29) is 0 Å². The van der Waals surface area contributed by atoms with Gasteiger partial charge in [-0.2, -0.15) is 0 Å². The van der Waals surface area contributed by atoms with Gasteiger partial charge in [-0.25, -0.2) is 4.57 Å². The maximum atomic E-state index is 2.51. The Kier molecular flexibility index (Phi) is 2.71. The van der Waals surface area contributed by atoms with Crippen LogP contribution in [0.4, 0.5) is 5.69 Å². The largest absolute Gasteiger partial charge is 0.371 e. The fourth-order valence-electron chi connectivity index (χ4n) is 2.68. The zero-order valence-corrected chi connectivity index (χ0v) is 10.4. The van der Waals surface area contributed by atoms with E-state index in [0.29, 0.717) is 0 Å². The fourth-order valence-corrected chi connectivity index (χ4v) is 2.68. The molecule has 3 rings (SSSR count). The van der Waals surface area contributed by atoms with Crippen LogP contribution in [0.2, 0.25) is 0 Å². The lowest BCUT2D eigenvalue weighted by atomic mass is 10.1. The molecular weight excluding hydrogens is 208 g/mol. The van der Waals surface area contributed by atoms with E-state index >= 15 is 0 Å². The summed E-state index contributed by atoms with van der Waals surface area (Å²) in [5.74, 6) is 0. The molecule has 0 N–H and O–H groups in total. The highest BCUT2D eigenvalue weighted by Crippen LogP contribution is 2.22. The van der Waals surface area contributed by atoms with Gasteiger partial charge in [0.1, 0.15) is 7.05 Å². The Labute approximate surface area is 102 Å². The second kappa shape index (κ2) is 4.36. The first-order valence-electron chi connectivity index (χ1n) is 6.48. The van der Waals surface area contributed by atoms with Crippen LogP contribution in [0.5, 0.6) is 0 Å². The summed E-state index contributed by atoms with van der Waals surface area (Å²) in [7, 11) is 2.11. The second-order valence-corrected chi connectivity index (χ2v) is 4.91. The van der Waals surface area contributed by atoms with Crippen LogP contribution >= 0.6 is 0 Å². The third-order valence-corrected chi connectivity index (χ3v) is 3.70. The molecule has 1 aromatic heterocycles. The van der Waals surface area contributed by atoms with Crippen molar-refractivity contribution in [2.24, 2.45) is 7.05 Å². The topological polar surface area (TPSA) is 7.12 Å². The molecule has 1 aliphatic heterocycles. The van der Waals surface area contributed by atoms with E-state index in [0.717, 1.165) is 0 Å². The Morgan fingerprint density at radius 3 is 2.71 bits per heavy atom. The lowest BCUT2D eigenvalue weighted by Gasteiger charge is -2.28. The molecule has 0 spiro atoms. The van der Waals surface area contributed by atoms with Crippen LogP contribution in [-0.4, -0.2) is 13.1 Å². The third kappa shape index (κ3) is 1.99. The lowest BCUT2D eigenvalue weighted by Crippen LogP contribution is -2.31. The molecular formula is C15H19N2+. The smallest absolute Gasteiger partial charge is 0.214 e. The standard InChI is InChI=1S/C15H19N2/c1-16-9-5-6-13-7-8-14(12-15(13)16)17-10-3-2-4-11-17/h5-9,12H,2-4,10-11H2,1H3/q+1. The first kappa shape index (κ1) is 10.6. The number of benzene rings is 1. The van der Waals surface area contributed by atoms with Crippen molar-refractivity contribution in [1.82, 2.24) is 0 Å². The minimum atomic E-state index is 1.21. The van der Waals surface area contributed by atoms with Gasteiger partial charge in [0.05, 0.1) is 0 Å². The molecule has 2 nitrogen and oxygen atoms in total. The molecule has 0 bridgehead atoms. The number of nitrogens with zero attached hydrogens (tertiary/aromatic N) is 2. The van der Waals surface area contributed by atoms with Gasteiger partial charge in [-0.15, -0.1) is 0 Å². The molecule has 0 atom stereocenters. The van der Waals surface area contributed by atoms with Gasteiger partial charge in [-0.3, -0.25) is 0 Å². The van der Waals surface area contributed by atoms with Crippen LogP contribution in [0.15, 0.2) is 36.5 Å². The Bertz CT molecular complexity index is 527. The summed E-state index contributed by atoms with van der Waals surface area (Å²) in [6.45, 7) is 2.42. The molecule has 2 aromatic rings. The number of aromatic nitrogens is 1. The van der Waals surface area contributed by atoms with Gasteiger partial charge in [0, 0.05) is 36.3 Å². The van der Waals surface area contributed by atoms with Crippen molar-refractivity contribution in [2.45, 2.75) is 19.3 Å². The molecule has 1 aliphatic rings. The molecule has 1 fully saturated rings. The SMILES string of the molecule is C[n+]1cccc2ccc(N3CCCCC3)cc21. The minimum Gasteiger partial charge on any atom is -0.371 e. The van der Waals surface area contributed by atoms with Crippen molar-refractivity contribution in [3.05, 3.63) is 36.5 Å². The second-order valence-electron chi connectivity index (χ2n) is 4.91. The number of hydrogen-bond acceptors (Lipinski definition) is 1. The van der Waals surface area contributed by atoms with Crippen molar-refractivity contribution in [3.8, 4) is 0 Å². The normalized spacial score (nSPS) is 16.4. The van der Waals surface area contributed by atoms with Crippen molar-refractivity contribution >= 4 is 16.6 Å². The molecule has 17 heavy (non-hydrogen) atoms. The van der Waals surface area contributed by atoms with Crippen LogP contribution in [0.1, 0.15) is 19.3 Å². The zero-order chi connectivity index (χ0) is 11.7. The summed E-state index contributed by atoms with van der Waals surface area (Å²) >= 11 is 0. The van der Waals surface area contributed by atoms with Gasteiger partial charge in [0.15, 0.2) is 6.20 Å². The summed E-state index contributed by atoms with van der Waals surface area (Å²) in [6.07, 6.45) is 6.16. The molecule has 1 saturated heterocycles. The molecule has 2 heterocycles. The summed E-state index contributed by atoms with van der Waals surface area (Å²) in [6, 6.07) is 11.1. The predicted octanol–water partition coefficient (Wildman–Crippen LogP) is 2.65. The van der Waals surface area contributed by atoms with E-state index in [2.05, 4.69) is 53.0 Å². The number of rotatable bonds is 1. The van der Waals surface area contributed by atoms with Gasteiger partial charge in [0.2, 0.25) is 5.52 Å². The number of anilines is 1. The lowest BCUT2D eigenvalue weighted by molar-refractivity contribution is -0.644. The van der Waals surface area contributed by atoms with E-state index in [1.165, 1.54) is 48.9 Å². The molecule has 0 amide bonds. The monoisotopic (exact) mass is 227 g/mol. The van der Waals surface area contributed by atoms with Crippen LogP contribution < -0.4 is 9.47 Å². The number of pyridine rings is 1. The molecule has 2 heteroatoms. The Balaban J connectivity index is 2.03. The van der Waals surface area contributed by atoms with Crippen LogP contribution in [0, 0.1) is 0 Å². The average molecular weight is 227 g/mol. The number of hydrogen-bond donors (Lipinski definition) is 0. The summed E-state index contributed by atoms with van der Waals surface area (Å²) in [5, 5.41) is 1.32. The van der Waals surface area contributed by atoms with Gasteiger partial charge in [0.25, 0.3) is 0 Å². The first-order chi connectivity index (χ1) is 8.34. The first-order valence-corrected chi connectivity index (χ1v) is 6.48. The molecule has 88 valence electrons. The highest BCUT2D eigenvalue weighted by atomic mass is 15.1. The van der Waals surface area contributed by atoms with E-state index in [4.69, 9.17) is 0 Å². The number of piperidine rings is 1. The number of fused-ring (bicyclic) bond motifs is 1. The molecule has 1 aromatic carbocycles. The van der Waals surface area contributed by atoms with E-state index < -0.39 is 0 Å². The quantitative estimate of drug-likeness (QED) is 0.679. The Hall–Kier alpha value is -1.57. The Morgan fingerprint density at radius 1 is 1.06 bits per heavy atom. The van der Waals surface area contributed by atoms with Crippen LogP contribution in [0.3, 0.4) is 0 Å². The van der Waals surface area contributed by atoms with Gasteiger partial charge in [-0.1, -0.05) is 0 Å². The highest BCUT2D eigenvalue weighted by Gasteiger charge is 2.13. The van der Waals surface area contributed by atoms with Crippen molar-refractivity contribution < 1.29 is 4.57 Å². The van der Waals surface area contributed by atoms with Gasteiger partial charge in [-0.05, 0) is 37.5 Å². The Morgan fingerprint density at radius 2 is 1.88 bits per heavy atom. The number of aryl methyl sites for hydroxylation is 1. The molecule has 0 radical (unpaired) electrons. The van der Waals surface area contributed by atoms with E-state index in [9.17, 15) is 0 Å². The van der Waals surface area contributed by atoms with E-state index in [1.807, 2.05) is 0 Å². The fraction of sp³-hybridized carbons (Fsp3) is 0.400. The molecule has 0 saturated carbocycles. The van der Waals surface area contributed by atoms with Gasteiger partial charge >= 0.3 is 0 Å². The third-order valence-electron chi connectivity index (χ3n) is 3.70. The highest BCUT2D eigenvalue weighted by molar-refractivity contribution is 5.79. The van der Waals surface area contributed by atoms with Gasteiger partial charge < -0.3 is 4.90 Å². The van der Waals surface area contributed by atoms with E-state index in [1.54, 1.807) is 0 Å². The van der Waals surface area contributed by atoms with Crippen molar-refractivity contribution in [2.75, 3.05) is 18.0 Å². The van der Waals surface area contributed by atoms with Crippen LogP contribution in [-0.2, 0) is 7.05 Å². The average Bonchev–Trinajstić information content (AvgIpc) is 2.40. The predicted molar refractivity (Wildman–Crippen MR) is 71.2 cm³/mol. The minimum absolute atomic E-state index is 1.21. The summed E-state index contributed by atoms with van der Waals surface area (Å²) < 4.78 is 2.20. The van der Waals surface area contributed by atoms with Crippen molar-refractivity contribution in [3.63, 3.8) is 0 Å². The summed E-state index contributed by atoms with van der Waals surface area (Å²) in [4.78, 5) is 2.51. The van der Waals surface area contributed by atoms with Crippen LogP contribution in [0.25, 0.3) is 10.9 Å². The molecule has 0 unspecified atom stereocenters.